The van der Waals surface area contributed by atoms with Gasteiger partial charge in [0, 0.05) is 42.2 Å². The fourth-order valence-corrected chi connectivity index (χ4v) is 2.83. The van der Waals surface area contributed by atoms with Gasteiger partial charge in [-0.15, -0.1) is 0 Å². The van der Waals surface area contributed by atoms with Crippen LogP contribution in [0.3, 0.4) is 0 Å². The van der Waals surface area contributed by atoms with E-state index in [0.29, 0.717) is 5.56 Å². The van der Waals surface area contributed by atoms with Gasteiger partial charge >= 0.3 is 0 Å². The summed E-state index contributed by atoms with van der Waals surface area (Å²) >= 11 is 0. The molecule has 0 fully saturated rings. The molecule has 1 aromatic heterocycles. The van der Waals surface area contributed by atoms with Crippen LogP contribution < -0.4 is 10.6 Å². The van der Waals surface area contributed by atoms with Crippen LogP contribution in [0.4, 0.5) is 5.69 Å². The molecule has 0 spiro atoms. The van der Waals surface area contributed by atoms with Crippen LogP contribution in [0.25, 0.3) is 0 Å². The summed E-state index contributed by atoms with van der Waals surface area (Å²) in [4.78, 5) is 20.9. The average molecular weight is 360 g/mol. The van der Waals surface area contributed by atoms with Crippen molar-refractivity contribution < 1.29 is 4.79 Å². The highest BCUT2D eigenvalue weighted by molar-refractivity contribution is 6.04. The van der Waals surface area contributed by atoms with Crippen LogP contribution in [0, 0.1) is 6.92 Å². The lowest BCUT2D eigenvalue weighted by atomic mass is 10.1. The number of allylic oxidation sites excluding steroid dienone is 2. The summed E-state index contributed by atoms with van der Waals surface area (Å²) in [5, 5.41) is 6.24. The highest BCUT2D eigenvalue weighted by Gasteiger charge is 2.09. The maximum absolute atomic E-state index is 12.4. The Bertz CT molecular complexity index is 899. The van der Waals surface area contributed by atoms with Crippen LogP contribution in [0.15, 0.2) is 72.3 Å². The number of benzene rings is 1. The lowest BCUT2D eigenvalue weighted by Crippen LogP contribution is -2.14. The summed E-state index contributed by atoms with van der Waals surface area (Å²) in [6.45, 7) is 3.98. The zero-order chi connectivity index (χ0) is 19.1. The Morgan fingerprint density at radius 2 is 2.19 bits per heavy atom. The molecule has 1 aromatic carbocycles. The Morgan fingerprint density at radius 1 is 1.30 bits per heavy atom. The van der Waals surface area contributed by atoms with Gasteiger partial charge in [0.2, 0.25) is 0 Å². The first-order valence-electron chi connectivity index (χ1n) is 9.09. The number of carbonyl (C=O) groups excluding carboxylic acids is 1. The number of nitrogens with one attached hydrogen (secondary N) is 2. The van der Waals surface area contributed by atoms with Gasteiger partial charge in [-0.25, -0.2) is 0 Å². The van der Waals surface area contributed by atoms with Crippen molar-refractivity contribution in [1.82, 2.24) is 10.3 Å². The number of aromatic nitrogens is 1. The lowest BCUT2D eigenvalue weighted by Gasteiger charge is -2.14. The second-order valence-corrected chi connectivity index (χ2v) is 6.60. The molecular formula is C22H24N4O. The molecule has 0 saturated carbocycles. The van der Waals surface area contributed by atoms with E-state index in [9.17, 15) is 4.79 Å². The number of aryl methyl sites for hydroxylation is 1. The number of nitrogens with zero attached hydrogens (tertiary/aromatic N) is 2. The van der Waals surface area contributed by atoms with E-state index >= 15 is 0 Å². The van der Waals surface area contributed by atoms with Crippen LogP contribution in [0.1, 0.15) is 47.3 Å². The van der Waals surface area contributed by atoms with E-state index in [1.165, 1.54) is 0 Å². The molecule has 1 heterocycles. The third kappa shape index (κ3) is 5.38. The number of pyridine rings is 1. The maximum atomic E-state index is 12.4. The number of hydrogen-bond acceptors (Lipinski definition) is 4. The maximum Gasteiger partial charge on any atom is 0.257 e. The van der Waals surface area contributed by atoms with Crippen molar-refractivity contribution in [2.75, 3.05) is 5.32 Å². The van der Waals surface area contributed by atoms with Crippen LogP contribution in [0.5, 0.6) is 0 Å². The van der Waals surface area contributed by atoms with Gasteiger partial charge in [0.25, 0.3) is 5.91 Å². The molecule has 5 nitrogen and oxygen atoms in total. The van der Waals surface area contributed by atoms with Gasteiger partial charge in [-0.3, -0.25) is 14.8 Å². The Morgan fingerprint density at radius 3 is 2.96 bits per heavy atom. The molecule has 2 N–H and O–H groups in total. The zero-order valence-corrected chi connectivity index (χ0v) is 15.6. The normalized spacial score (nSPS) is 16.0. The standard InChI is InChI=1S/C22H24N4O/c1-16-12-19(15-23-14-16)22(27)26-21-9-5-6-18(13-21)17(2)24-10-11-25-20-7-3-4-8-20/h3,5-7,9-15,17,24H,4,8H2,1-2H3,(H,26,27). The first-order valence-corrected chi connectivity index (χ1v) is 9.09. The second kappa shape index (κ2) is 8.94. The predicted octanol–water partition coefficient (Wildman–Crippen LogP) is 4.56. The molecule has 1 amide bonds. The molecule has 1 unspecified atom stereocenters. The molecule has 0 bridgehead atoms. The number of carbonyl (C=O) groups is 1. The highest BCUT2D eigenvalue weighted by atomic mass is 16.1. The van der Waals surface area contributed by atoms with Crippen molar-refractivity contribution in [2.24, 2.45) is 4.99 Å². The van der Waals surface area contributed by atoms with Crippen LogP contribution in [-0.4, -0.2) is 16.6 Å². The minimum Gasteiger partial charge on any atom is -0.383 e. The monoisotopic (exact) mass is 360 g/mol. The molecule has 1 aliphatic carbocycles. The van der Waals surface area contributed by atoms with Crippen molar-refractivity contribution in [1.29, 1.82) is 0 Å². The van der Waals surface area contributed by atoms with E-state index in [-0.39, 0.29) is 11.9 Å². The Kier molecular flexibility index (Phi) is 6.15. The molecule has 1 atom stereocenters. The van der Waals surface area contributed by atoms with Gasteiger partial charge in [0.1, 0.15) is 0 Å². The van der Waals surface area contributed by atoms with Crippen LogP contribution >= 0.6 is 0 Å². The zero-order valence-electron chi connectivity index (χ0n) is 15.6. The van der Waals surface area contributed by atoms with E-state index in [0.717, 1.165) is 35.4 Å². The third-order valence-electron chi connectivity index (χ3n) is 4.32. The SMILES string of the molecule is Cc1cncc(C(=O)Nc2cccc(C(C)NC=CN=C3C=CCC3)c2)c1. The molecule has 5 heteroatoms. The molecule has 138 valence electrons. The van der Waals surface area contributed by atoms with Gasteiger partial charge in [0.15, 0.2) is 0 Å². The van der Waals surface area contributed by atoms with Crippen molar-refractivity contribution in [3.05, 3.63) is 84.0 Å². The molecular weight excluding hydrogens is 336 g/mol. The fourth-order valence-electron chi connectivity index (χ4n) is 2.83. The van der Waals surface area contributed by atoms with Gasteiger partial charge in [-0.2, -0.15) is 0 Å². The summed E-state index contributed by atoms with van der Waals surface area (Å²) < 4.78 is 0. The molecule has 0 radical (unpaired) electrons. The smallest absolute Gasteiger partial charge is 0.257 e. The molecule has 1 aliphatic rings. The van der Waals surface area contributed by atoms with Crippen molar-refractivity contribution >= 4 is 17.3 Å². The van der Waals surface area contributed by atoms with E-state index in [1.807, 2.05) is 43.5 Å². The topological polar surface area (TPSA) is 66.4 Å². The number of hydrogen-bond donors (Lipinski definition) is 2. The summed E-state index contributed by atoms with van der Waals surface area (Å²) in [6.07, 6.45) is 13.2. The lowest BCUT2D eigenvalue weighted by molar-refractivity contribution is 0.102. The van der Waals surface area contributed by atoms with Gasteiger partial charge in [-0.05, 0) is 62.1 Å². The van der Waals surface area contributed by atoms with Crippen LogP contribution in [-0.2, 0) is 0 Å². The first kappa shape index (κ1) is 18.6. The molecule has 0 aliphatic heterocycles. The third-order valence-corrected chi connectivity index (χ3v) is 4.32. The minimum absolute atomic E-state index is 0.0954. The quantitative estimate of drug-likeness (QED) is 0.794. The largest absolute Gasteiger partial charge is 0.383 e. The molecule has 2 aromatic rings. The number of rotatable bonds is 6. The number of amides is 1. The average Bonchev–Trinajstić information content (AvgIpc) is 3.19. The van der Waals surface area contributed by atoms with Gasteiger partial charge in [-0.1, -0.05) is 18.2 Å². The number of anilines is 1. The van der Waals surface area contributed by atoms with Crippen molar-refractivity contribution in [3.8, 4) is 0 Å². The van der Waals surface area contributed by atoms with Crippen LogP contribution in [0.2, 0.25) is 0 Å². The summed E-state index contributed by atoms with van der Waals surface area (Å²) in [5.41, 5.74) is 4.45. The van der Waals surface area contributed by atoms with E-state index < -0.39 is 0 Å². The van der Waals surface area contributed by atoms with Crippen molar-refractivity contribution in [3.63, 3.8) is 0 Å². The Labute approximate surface area is 159 Å². The van der Waals surface area contributed by atoms with Crippen molar-refractivity contribution in [2.45, 2.75) is 32.7 Å². The van der Waals surface area contributed by atoms with E-state index in [1.54, 1.807) is 18.6 Å². The molecule has 27 heavy (non-hydrogen) atoms. The predicted molar refractivity (Wildman–Crippen MR) is 110 cm³/mol. The van der Waals surface area contributed by atoms with E-state index in [4.69, 9.17) is 0 Å². The fraction of sp³-hybridized carbons (Fsp3) is 0.227. The second-order valence-electron chi connectivity index (χ2n) is 6.60. The Balaban J connectivity index is 1.60. The van der Waals surface area contributed by atoms with E-state index in [2.05, 4.69) is 39.7 Å². The Hall–Kier alpha value is -3.21. The summed E-state index contributed by atoms with van der Waals surface area (Å²) in [6, 6.07) is 9.73. The number of aliphatic imine (C=N–C) groups is 1. The first-order chi connectivity index (χ1) is 13.1. The van der Waals surface area contributed by atoms with Gasteiger partial charge < -0.3 is 10.6 Å². The molecule has 3 rings (SSSR count). The summed E-state index contributed by atoms with van der Waals surface area (Å²) in [5.74, 6) is -0.163. The van der Waals surface area contributed by atoms with Gasteiger partial charge in [0.05, 0.1) is 5.56 Å². The highest BCUT2D eigenvalue weighted by Crippen LogP contribution is 2.18. The molecule has 0 saturated heterocycles. The minimum atomic E-state index is -0.163. The summed E-state index contributed by atoms with van der Waals surface area (Å²) in [7, 11) is 0.